The summed E-state index contributed by atoms with van der Waals surface area (Å²) in [6.07, 6.45) is 6.47. The lowest BCUT2D eigenvalue weighted by atomic mass is 10.0. The summed E-state index contributed by atoms with van der Waals surface area (Å²) < 4.78 is 5.51. The normalized spacial score (nSPS) is 33.7. The number of carbonyl (C=O) groups is 1. The Balaban J connectivity index is 2.04. The Labute approximate surface area is 98.1 Å². The molecule has 2 rings (SSSR count). The fraction of sp³-hybridized carbons (Fsp3) is 0.923. The van der Waals surface area contributed by atoms with Crippen LogP contribution < -0.4 is 0 Å². The van der Waals surface area contributed by atoms with E-state index in [1.807, 2.05) is 0 Å². The summed E-state index contributed by atoms with van der Waals surface area (Å²) in [4.78, 5) is 14.5. The van der Waals surface area contributed by atoms with E-state index in [0.717, 1.165) is 45.4 Å². The van der Waals surface area contributed by atoms with Crippen LogP contribution in [0.25, 0.3) is 0 Å². The van der Waals surface area contributed by atoms with E-state index in [1.165, 1.54) is 12.8 Å². The molecule has 1 saturated heterocycles. The third-order valence-corrected chi connectivity index (χ3v) is 3.92. The first-order valence-corrected chi connectivity index (χ1v) is 6.69. The maximum absolute atomic E-state index is 12.1. The van der Waals surface area contributed by atoms with Crippen molar-refractivity contribution in [2.45, 2.75) is 57.5 Å². The summed E-state index contributed by atoms with van der Waals surface area (Å²) >= 11 is 0. The van der Waals surface area contributed by atoms with Crippen LogP contribution in [-0.2, 0) is 9.53 Å². The molecule has 92 valence electrons. The van der Waals surface area contributed by atoms with Crippen LogP contribution >= 0.6 is 0 Å². The van der Waals surface area contributed by atoms with Gasteiger partial charge in [0.2, 0.25) is 0 Å². The monoisotopic (exact) mass is 225 g/mol. The van der Waals surface area contributed by atoms with Crippen LogP contribution in [0.1, 0.15) is 45.4 Å². The Morgan fingerprint density at radius 2 is 2.25 bits per heavy atom. The molecule has 1 heterocycles. The molecule has 3 heteroatoms. The molecular formula is C13H23NO2. The molecule has 0 N–H and O–H groups in total. The molecule has 16 heavy (non-hydrogen) atoms. The van der Waals surface area contributed by atoms with Gasteiger partial charge in [0.1, 0.15) is 5.78 Å². The molecule has 2 fully saturated rings. The van der Waals surface area contributed by atoms with E-state index >= 15 is 0 Å². The summed E-state index contributed by atoms with van der Waals surface area (Å²) in [7, 11) is 0. The molecule has 3 nitrogen and oxygen atoms in total. The number of rotatable bonds is 2. The Morgan fingerprint density at radius 3 is 3.06 bits per heavy atom. The molecule has 0 spiro atoms. The summed E-state index contributed by atoms with van der Waals surface area (Å²) in [6, 6.07) is 0.650. The Kier molecular flexibility index (Phi) is 4.36. The second kappa shape index (κ2) is 5.78. The fourth-order valence-corrected chi connectivity index (χ4v) is 2.92. The van der Waals surface area contributed by atoms with Crippen molar-refractivity contribution in [1.82, 2.24) is 4.90 Å². The van der Waals surface area contributed by atoms with E-state index in [2.05, 4.69) is 11.8 Å². The maximum Gasteiger partial charge on any atom is 0.149 e. The quantitative estimate of drug-likeness (QED) is 0.673. The van der Waals surface area contributed by atoms with Crippen molar-refractivity contribution in [3.05, 3.63) is 0 Å². The first kappa shape index (κ1) is 12.1. The lowest BCUT2D eigenvalue weighted by Crippen LogP contribution is -2.53. The molecule has 1 aliphatic heterocycles. The van der Waals surface area contributed by atoms with Crippen LogP contribution in [0.2, 0.25) is 0 Å². The number of hydrogen-bond acceptors (Lipinski definition) is 3. The number of carbonyl (C=O) groups excluding carboxylic acids is 1. The topological polar surface area (TPSA) is 29.5 Å². The number of hydrogen-bond donors (Lipinski definition) is 0. The third kappa shape index (κ3) is 2.64. The smallest absolute Gasteiger partial charge is 0.149 e. The van der Waals surface area contributed by atoms with Crippen molar-refractivity contribution >= 4 is 5.78 Å². The summed E-state index contributed by atoms with van der Waals surface area (Å²) in [5.74, 6) is 0.470. The minimum atomic E-state index is 0.191. The molecule has 1 aliphatic carbocycles. The highest BCUT2D eigenvalue weighted by molar-refractivity contribution is 5.84. The van der Waals surface area contributed by atoms with Gasteiger partial charge in [-0.3, -0.25) is 9.69 Å². The Hall–Kier alpha value is -0.410. The minimum Gasteiger partial charge on any atom is -0.378 e. The van der Waals surface area contributed by atoms with Crippen molar-refractivity contribution in [2.24, 2.45) is 0 Å². The van der Waals surface area contributed by atoms with E-state index in [0.29, 0.717) is 11.8 Å². The van der Waals surface area contributed by atoms with Crippen LogP contribution in [0, 0.1) is 0 Å². The van der Waals surface area contributed by atoms with Crippen molar-refractivity contribution < 1.29 is 9.53 Å². The van der Waals surface area contributed by atoms with Crippen molar-refractivity contribution in [1.29, 1.82) is 0 Å². The predicted molar refractivity (Wildman–Crippen MR) is 63.5 cm³/mol. The average Bonchev–Trinajstić information content (AvgIpc) is 2.54. The van der Waals surface area contributed by atoms with Gasteiger partial charge < -0.3 is 4.74 Å². The van der Waals surface area contributed by atoms with Crippen LogP contribution in [0.5, 0.6) is 0 Å². The van der Waals surface area contributed by atoms with E-state index < -0.39 is 0 Å². The largest absolute Gasteiger partial charge is 0.378 e. The highest BCUT2D eigenvalue weighted by Gasteiger charge is 2.32. The molecule has 0 radical (unpaired) electrons. The van der Waals surface area contributed by atoms with Gasteiger partial charge >= 0.3 is 0 Å². The molecule has 2 atom stereocenters. The Morgan fingerprint density at radius 1 is 1.38 bits per heavy atom. The summed E-state index contributed by atoms with van der Waals surface area (Å²) in [6.45, 7) is 4.73. The molecular weight excluding hydrogens is 202 g/mol. The summed E-state index contributed by atoms with van der Waals surface area (Å²) in [5, 5.41) is 0. The standard InChI is InChI=1S/C13H23NO2/c1-2-11-10-16-9-8-14(11)12-6-4-3-5-7-13(12)15/h11-12H,2-10H2,1H3. The van der Waals surface area contributed by atoms with E-state index in [9.17, 15) is 4.79 Å². The molecule has 0 amide bonds. The SMILES string of the molecule is CCC1COCCN1C1CCCCCC1=O. The van der Waals surface area contributed by atoms with Crippen LogP contribution in [0.3, 0.4) is 0 Å². The molecule has 0 aromatic rings. The second-order valence-corrected chi connectivity index (χ2v) is 4.96. The lowest BCUT2D eigenvalue weighted by molar-refractivity contribution is -0.128. The van der Waals surface area contributed by atoms with Gasteiger partial charge in [0.05, 0.1) is 19.3 Å². The highest BCUT2D eigenvalue weighted by atomic mass is 16.5. The predicted octanol–water partition coefficient (Wildman–Crippen LogP) is 2.00. The van der Waals surface area contributed by atoms with Gasteiger partial charge in [-0.05, 0) is 19.3 Å². The van der Waals surface area contributed by atoms with Gasteiger partial charge in [0, 0.05) is 19.0 Å². The van der Waals surface area contributed by atoms with E-state index in [1.54, 1.807) is 0 Å². The van der Waals surface area contributed by atoms with Gasteiger partial charge in [-0.1, -0.05) is 19.8 Å². The van der Waals surface area contributed by atoms with E-state index in [4.69, 9.17) is 4.74 Å². The van der Waals surface area contributed by atoms with Gasteiger partial charge in [-0.25, -0.2) is 0 Å². The van der Waals surface area contributed by atoms with Crippen LogP contribution in [-0.4, -0.2) is 42.5 Å². The van der Waals surface area contributed by atoms with E-state index in [-0.39, 0.29) is 6.04 Å². The van der Waals surface area contributed by atoms with Crippen molar-refractivity contribution in [2.75, 3.05) is 19.8 Å². The van der Waals surface area contributed by atoms with Crippen molar-refractivity contribution in [3.63, 3.8) is 0 Å². The number of Topliss-reactive ketones (excluding diaryl/α,β-unsaturated/α-hetero) is 1. The zero-order valence-corrected chi connectivity index (χ0v) is 10.3. The number of morpholine rings is 1. The number of ether oxygens (including phenoxy) is 1. The maximum atomic E-state index is 12.1. The molecule has 0 bridgehead atoms. The van der Waals surface area contributed by atoms with Gasteiger partial charge in [0.25, 0.3) is 0 Å². The first-order valence-electron chi connectivity index (χ1n) is 6.69. The lowest BCUT2D eigenvalue weighted by Gasteiger charge is -2.39. The molecule has 2 aliphatic rings. The average molecular weight is 225 g/mol. The molecule has 0 aromatic carbocycles. The molecule has 0 aromatic heterocycles. The summed E-state index contributed by atoms with van der Waals surface area (Å²) in [5.41, 5.74) is 0. The second-order valence-electron chi connectivity index (χ2n) is 4.96. The zero-order valence-electron chi connectivity index (χ0n) is 10.3. The zero-order chi connectivity index (χ0) is 11.4. The number of nitrogens with zero attached hydrogens (tertiary/aromatic N) is 1. The van der Waals surface area contributed by atoms with Gasteiger partial charge in [0.15, 0.2) is 0 Å². The molecule has 2 unspecified atom stereocenters. The van der Waals surface area contributed by atoms with Crippen LogP contribution in [0.15, 0.2) is 0 Å². The van der Waals surface area contributed by atoms with Crippen LogP contribution in [0.4, 0.5) is 0 Å². The number of ketones is 1. The fourth-order valence-electron chi connectivity index (χ4n) is 2.92. The first-order chi connectivity index (χ1) is 7.83. The molecule has 1 saturated carbocycles. The highest BCUT2D eigenvalue weighted by Crippen LogP contribution is 2.23. The van der Waals surface area contributed by atoms with Gasteiger partial charge in [-0.15, -0.1) is 0 Å². The minimum absolute atomic E-state index is 0.191. The van der Waals surface area contributed by atoms with Crippen molar-refractivity contribution in [3.8, 4) is 0 Å². The van der Waals surface area contributed by atoms with Gasteiger partial charge in [-0.2, -0.15) is 0 Å². The third-order valence-electron chi connectivity index (χ3n) is 3.92. The Bertz CT molecular complexity index is 242.